The smallest absolute Gasteiger partial charge is 0.422 e. The van der Waals surface area contributed by atoms with Crippen molar-refractivity contribution in [2.45, 2.75) is 13.1 Å². The molecule has 72 valence electrons. The Morgan fingerprint density at radius 3 is 2.46 bits per heavy atom. The summed E-state index contributed by atoms with van der Waals surface area (Å²) in [7, 11) is 0. The summed E-state index contributed by atoms with van der Waals surface area (Å²) in [6.07, 6.45) is -3.45. The van der Waals surface area contributed by atoms with Crippen LogP contribution in [0.25, 0.3) is 0 Å². The Labute approximate surface area is 80.7 Å². The highest BCUT2D eigenvalue weighted by Gasteiger charge is 2.36. The first kappa shape index (κ1) is 10.3. The van der Waals surface area contributed by atoms with Crippen LogP contribution >= 0.6 is 15.9 Å². The third-order valence-electron chi connectivity index (χ3n) is 1.55. The van der Waals surface area contributed by atoms with Gasteiger partial charge in [-0.25, -0.2) is 0 Å². The molecule has 0 radical (unpaired) electrons. The van der Waals surface area contributed by atoms with E-state index in [1.54, 1.807) is 0 Å². The molecule has 0 saturated carbocycles. The van der Waals surface area contributed by atoms with Gasteiger partial charge < -0.3 is 5.21 Å². The van der Waals surface area contributed by atoms with Gasteiger partial charge in [0.2, 0.25) is 5.69 Å². The molecule has 1 aromatic heterocycles. The van der Waals surface area contributed by atoms with Crippen molar-refractivity contribution in [3.05, 3.63) is 33.2 Å². The van der Waals surface area contributed by atoms with Crippen molar-refractivity contribution in [3.63, 3.8) is 0 Å². The highest BCUT2D eigenvalue weighted by atomic mass is 79.9. The van der Waals surface area contributed by atoms with Gasteiger partial charge in [0.1, 0.15) is 5.56 Å². The van der Waals surface area contributed by atoms with Crippen molar-refractivity contribution < 1.29 is 17.9 Å². The Balaban J connectivity index is 3.37. The summed E-state index contributed by atoms with van der Waals surface area (Å²) >= 11 is 2.82. The van der Waals surface area contributed by atoms with Crippen LogP contribution in [0.4, 0.5) is 13.2 Å². The molecule has 1 heterocycles. The van der Waals surface area contributed by atoms with Crippen LogP contribution in [-0.4, -0.2) is 0 Å². The molecular weight excluding hydrogens is 251 g/mol. The topological polar surface area (TPSA) is 26.9 Å². The summed E-state index contributed by atoms with van der Waals surface area (Å²) in [5, 5.41) is 10.9. The molecule has 1 aromatic rings. The van der Waals surface area contributed by atoms with Crippen molar-refractivity contribution >= 4 is 15.9 Å². The highest BCUT2D eigenvalue weighted by Crippen LogP contribution is 2.31. The van der Waals surface area contributed by atoms with E-state index in [0.717, 1.165) is 19.2 Å². The Morgan fingerprint density at radius 1 is 1.46 bits per heavy atom. The van der Waals surface area contributed by atoms with Gasteiger partial charge in [0, 0.05) is 6.92 Å². The second-order valence-electron chi connectivity index (χ2n) is 2.48. The van der Waals surface area contributed by atoms with Crippen LogP contribution in [0.5, 0.6) is 0 Å². The first-order chi connectivity index (χ1) is 5.82. The van der Waals surface area contributed by atoms with Crippen molar-refractivity contribution in [2.24, 2.45) is 0 Å². The predicted molar refractivity (Wildman–Crippen MR) is 42.8 cm³/mol. The van der Waals surface area contributed by atoms with Crippen molar-refractivity contribution in [1.29, 1.82) is 0 Å². The van der Waals surface area contributed by atoms with E-state index in [-0.39, 0.29) is 14.9 Å². The quantitative estimate of drug-likeness (QED) is 0.517. The van der Waals surface area contributed by atoms with Crippen LogP contribution in [0.15, 0.2) is 16.7 Å². The molecule has 1 rings (SSSR count). The number of alkyl halides is 3. The Bertz CT molecular complexity index is 337. The van der Waals surface area contributed by atoms with Crippen LogP contribution in [0, 0.1) is 12.1 Å². The molecular formula is C7H5BrF3NO. The van der Waals surface area contributed by atoms with E-state index < -0.39 is 11.7 Å². The van der Waals surface area contributed by atoms with E-state index in [2.05, 4.69) is 15.9 Å². The Kier molecular flexibility index (Phi) is 2.51. The summed E-state index contributed by atoms with van der Waals surface area (Å²) < 4.78 is 37.0. The van der Waals surface area contributed by atoms with Crippen molar-refractivity contribution in [1.82, 2.24) is 0 Å². The predicted octanol–water partition coefficient (Wildman–Crippen LogP) is 2.41. The minimum absolute atomic E-state index is 0.112. The van der Waals surface area contributed by atoms with Gasteiger partial charge in [-0.2, -0.15) is 17.9 Å². The Morgan fingerprint density at radius 2 is 2.00 bits per heavy atom. The first-order valence-electron chi connectivity index (χ1n) is 3.29. The number of hydrogen-bond donors (Lipinski definition) is 0. The number of aromatic nitrogens is 1. The monoisotopic (exact) mass is 255 g/mol. The summed E-state index contributed by atoms with van der Waals surface area (Å²) in [5.41, 5.74) is -1.27. The maximum atomic E-state index is 12.2. The second-order valence-corrected chi connectivity index (χ2v) is 3.40. The zero-order valence-corrected chi connectivity index (χ0v) is 8.11. The lowest BCUT2D eigenvalue weighted by Gasteiger charge is -2.09. The van der Waals surface area contributed by atoms with E-state index in [1.165, 1.54) is 0 Å². The molecule has 0 aliphatic heterocycles. The summed E-state index contributed by atoms with van der Waals surface area (Å²) in [6, 6.07) is 0.879. The van der Waals surface area contributed by atoms with Crippen molar-refractivity contribution in [2.75, 3.05) is 0 Å². The van der Waals surface area contributed by atoms with Crippen LogP contribution < -0.4 is 4.73 Å². The van der Waals surface area contributed by atoms with Gasteiger partial charge in [-0.15, -0.1) is 0 Å². The molecule has 0 aliphatic rings. The van der Waals surface area contributed by atoms with E-state index in [9.17, 15) is 18.4 Å². The molecule has 0 saturated heterocycles. The molecule has 0 spiro atoms. The highest BCUT2D eigenvalue weighted by molar-refractivity contribution is 9.10. The number of nitrogens with zero attached hydrogens (tertiary/aromatic N) is 1. The van der Waals surface area contributed by atoms with Gasteiger partial charge in [-0.3, -0.25) is 0 Å². The van der Waals surface area contributed by atoms with Crippen LogP contribution in [0.2, 0.25) is 0 Å². The maximum absolute atomic E-state index is 12.2. The maximum Gasteiger partial charge on any atom is 0.422 e. The van der Waals surface area contributed by atoms with E-state index in [0.29, 0.717) is 0 Å². The fraction of sp³-hybridized carbons (Fsp3) is 0.286. The Hall–Kier alpha value is -0.780. The van der Waals surface area contributed by atoms with E-state index in [4.69, 9.17) is 0 Å². The number of hydrogen-bond acceptors (Lipinski definition) is 1. The zero-order chi connectivity index (χ0) is 10.2. The number of pyridine rings is 1. The van der Waals surface area contributed by atoms with Gasteiger partial charge in [-0.05, 0) is 22.0 Å². The summed E-state index contributed by atoms with van der Waals surface area (Å²) in [6.45, 7) is 1.13. The van der Waals surface area contributed by atoms with E-state index in [1.807, 2.05) is 0 Å². The zero-order valence-electron chi connectivity index (χ0n) is 6.52. The third-order valence-corrected chi connectivity index (χ3v) is 1.98. The standard InChI is InChI=1S/C7H5BrF3NO/c1-4-6(7(9,10)11)2-5(8)3-12(4)13/h2-3H,1H3. The van der Waals surface area contributed by atoms with Gasteiger partial charge in [0.15, 0.2) is 6.20 Å². The molecule has 0 amide bonds. The fourth-order valence-electron chi connectivity index (χ4n) is 0.894. The SMILES string of the molecule is Cc1c(C(F)(F)F)cc(Br)c[n+]1[O-]. The van der Waals surface area contributed by atoms with Crippen LogP contribution in [0.1, 0.15) is 11.3 Å². The largest absolute Gasteiger partial charge is 0.618 e. The van der Waals surface area contributed by atoms with Crippen molar-refractivity contribution in [3.8, 4) is 0 Å². The molecule has 6 heteroatoms. The molecule has 0 fully saturated rings. The molecule has 13 heavy (non-hydrogen) atoms. The van der Waals surface area contributed by atoms with E-state index >= 15 is 0 Å². The minimum atomic E-state index is -4.49. The van der Waals surface area contributed by atoms with Gasteiger partial charge in [-0.1, -0.05) is 0 Å². The third kappa shape index (κ3) is 2.12. The average molecular weight is 256 g/mol. The number of rotatable bonds is 0. The van der Waals surface area contributed by atoms with Gasteiger partial charge in [0.05, 0.1) is 4.47 Å². The molecule has 0 bridgehead atoms. The first-order valence-corrected chi connectivity index (χ1v) is 4.08. The molecule has 0 atom stereocenters. The van der Waals surface area contributed by atoms with Gasteiger partial charge >= 0.3 is 6.18 Å². The van der Waals surface area contributed by atoms with Crippen LogP contribution in [0.3, 0.4) is 0 Å². The normalized spacial score (nSPS) is 11.8. The lowest BCUT2D eigenvalue weighted by molar-refractivity contribution is -0.614. The lowest BCUT2D eigenvalue weighted by atomic mass is 10.2. The van der Waals surface area contributed by atoms with Crippen LogP contribution in [-0.2, 0) is 6.18 Å². The number of halogens is 4. The molecule has 2 nitrogen and oxygen atoms in total. The lowest BCUT2D eigenvalue weighted by Crippen LogP contribution is -2.32. The second kappa shape index (κ2) is 3.17. The molecule has 0 unspecified atom stereocenters. The summed E-state index contributed by atoms with van der Waals surface area (Å²) in [5.74, 6) is 0. The molecule has 0 aliphatic carbocycles. The summed E-state index contributed by atoms with van der Waals surface area (Å²) in [4.78, 5) is 0. The molecule has 0 aromatic carbocycles. The average Bonchev–Trinajstić information content (AvgIpc) is 1.94. The fourth-order valence-corrected chi connectivity index (χ4v) is 1.31. The minimum Gasteiger partial charge on any atom is -0.618 e. The molecule has 0 N–H and O–H groups in total. The van der Waals surface area contributed by atoms with Gasteiger partial charge in [0.25, 0.3) is 0 Å².